The zero-order chi connectivity index (χ0) is 18.1. The molecular weight excluding hydrogens is 393 g/mol. The molecule has 1 amide bonds. The Morgan fingerprint density at radius 3 is 2.60 bits per heavy atom. The Hall–Kier alpha value is -2.41. The summed E-state index contributed by atoms with van der Waals surface area (Å²) < 4.78 is 24.1. The highest BCUT2D eigenvalue weighted by Crippen LogP contribution is 2.17. The highest BCUT2D eigenvalue weighted by Gasteiger charge is 2.08. The molecule has 2 aromatic carbocycles. The Bertz CT molecular complexity index is 721. The number of hydrogen-bond donors (Lipinski definition) is 1. The van der Waals surface area contributed by atoms with E-state index in [9.17, 15) is 14.0 Å². The van der Waals surface area contributed by atoms with Crippen LogP contribution in [0.25, 0.3) is 0 Å². The molecule has 0 radical (unpaired) electrons. The molecule has 2 aromatic rings. The summed E-state index contributed by atoms with van der Waals surface area (Å²) in [7, 11) is 0. The van der Waals surface area contributed by atoms with Gasteiger partial charge in [0.05, 0.1) is 6.61 Å². The van der Waals surface area contributed by atoms with Crippen LogP contribution < -0.4 is 10.1 Å². The number of hydrogen-bond acceptors (Lipinski definition) is 4. The fraction of sp³-hybridized carbons (Fsp3) is 0.222. The van der Waals surface area contributed by atoms with Crippen LogP contribution in [0.4, 0.5) is 10.1 Å². The third kappa shape index (κ3) is 7.34. The van der Waals surface area contributed by atoms with E-state index in [2.05, 4.69) is 21.2 Å². The minimum Gasteiger partial charge on any atom is -0.494 e. The van der Waals surface area contributed by atoms with Crippen molar-refractivity contribution >= 4 is 33.5 Å². The molecule has 0 aromatic heterocycles. The van der Waals surface area contributed by atoms with Gasteiger partial charge in [0.2, 0.25) is 0 Å². The molecule has 0 bridgehead atoms. The highest BCUT2D eigenvalue weighted by atomic mass is 79.9. The average molecular weight is 410 g/mol. The molecule has 2 rings (SSSR count). The van der Waals surface area contributed by atoms with Crippen molar-refractivity contribution in [2.75, 3.05) is 18.5 Å². The van der Waals surface area contributed by atoms with Crippen molar-refractivity contribution in [3.8, 4) is 5.75 Å². The standard InChI is InChI=1S/C18H17BrFNO4/c19-13-3-1-4-16(11-13)24-10-2-5-18(23)25-12-17(22)21-15-8-6-14(20)7-9-15/h1,3-4,6-9,11H,2,5,10,12H2,(H,21,22). The fourth-order valence-corrected chi connectivity index (χ4v) is 2.29. The molecule has 0 heterocycles. The predicted octanol–water partition coefficient (Wildman–Crippen LogP) is 3.93. The number of nitrogens with one attached hydrogen (secondary N) is 1. The van der Waals surface area contributed by atoms with Crippen molar-refractivity contribution in [1.82, 2.24) is 0 Å². The van der Waals surface area contributed by atoms with E-state index in [1.165, 1.54) is 24.3 Å². The molecule has 7 heteroatoms. The van der Waals surface area contributed by atoms with Gasteiger partial charge in [-0.3, -0.25) is 9.59 Å². The van der Waals surface area contributed by atoms with Crippen LogP contribution in [-0.2, 0) is 14.3 Å². The van der Waals surface area contributed by atoms with E-state index in [1.807, 2.05) is 24.3 Å². The number of amides is 1. The molecule has 0 fully saturated rings. The van der Waals surface area contributed by atoms with Crippen LogP contribution in [0.15, 0.2) is 53.0 Å². The zero-order valence-electron chi connectivity index (χ0n) is 13.3. The van der Waals surface area contributed by atoms with E-state index in [4.69, 9.17) is 9.47 Å². The van der Waals surface area contributed by atoms with Gasteiger partial charge in [0.15, 0.2) is 6.61 Å². The van der Waals surface area contributed by atoms with Crippen molar-refractivity contribution in [2.24, 2.45) is 0 Å². The van der Waals surface area contributed by atoms with E-state index < -0.39 is 17.7 Å². The molecule has 0 saturated carbocycles. The van der Waals surface area contributed by atoms with Crippen molar-refractivity contribution in [1.29, 1.82) is 0 Å². The van der Waals surface area contributed by atoms with Gasteiger partial charge in [-0.2, -0.15) is 0 Å². The topological polar surface area (TPSA) is 64.6 Å². The quantitative estimate of drug-likeness (QED) is 0.529. The Balaban J connectivity index is 1.60. The Morgan fingerprint density at radius 2 is 1.88 bits per heavy atom. The first-order valence-corrected chi connectivity index (χ1v) is 8.41. The number of anilines is 1. The molecule has 132 valence electrons. The van der Waals surface area contributed by atoms with Crippen LogP contribution in [-0.4, -0.2) is 25.1 Å². The molecular formula is C18H17BrFNO4. The molecule has 0 atom stereocenters. The maximum atomic E-state index is 12.8. The fourth-order valence-electron chi connectivity index (χ4n) is 1.91. The molecule has 0 saturated heterocycles. The van der Waals surface area contributed by atoms with E-state index in [0.717, 1.165) is 4.47 Å². The van der Waals surface area contributed by atoms with E-state index in [1.54, 1.807) is 0 Å². The second-order valence-electron chi connectivity index (χ2n) is 5.13. The van der Waals surface area contributed by atoms with Crippen LogP contribution in [0.2, 0.25) is 0 Å². The Labute approximate surface area is 153 Å². The molecule has 1 N–H and O–H groups in total. The number of ether oxygens (including phenoxy) is 2. The maximum Gasteiger partial charge on any atom is 0.306 e. The summed E-state index contributed by atoms with van der Waals surface area (Å²) in [5.74, 6) is -0.645. The predicted molar refractivity (Wildman–Crippen MR) is 94.9 cm³/mol. The first-order chi connectivity index (χ1) is 12.0. The molecule has 0 unspecified atom stereocenters. The van der Waals surface area contributed by atoms with Gasteiger partial charge >= 0.3 is 5.97 Å². The summed E-state index contributed by atoms with van der Waals surface area (Å²) in [6.45, 7) is -0.0178. The number of carbonyl (C=O) groups excluding carboxylic acids is 2. The van der Waals surface area contributed by atoms with Crippen LogP contribution >= 0.6 is 15.9 Å². The Kier molecular flexibility index (Phi) is 7.40. The molecule has 25 heavy (non-hydrogen) atoms. The van der Waals surface area contributed by atoms with Crippen molar-refractivity contribution < 1.29 is 23.5 Å². The number of benzene rings is 2. The van der Waals surface area contributed by atoms with E-state index >= 15 is 0 Å². The Morgan fingerprint density at radius 1 is 1.12 bits per heavy atom. The molecule has 0 aliphatic carbocycles. The van der Waals surface area contributed by atoms with Crippen LogP contribution in [0.5, 0.6) is 5.75 Å². The smallest absolute Gasteiger partial charge is 0.306 e. The number of esters is 1. The highest BCUT2D eigenvalue weighted by molar-refractivity contribution is 9.10. The lowest BCUT2D eigenvalue weighted by molar-refractivity contribution is -0.147. The molecule has 0 aliphatic heterocycles. The van der Waals surface area contributed by atoms with E-state index in [0.29, 0.717) is 24.5 Å². The second-order valence-corrected chi connectivity index (χ2v) is 6.04. The maximum absolute atomic E-state index is 12.8. The van der Waals surface area contributed by atoms with Gasteiger partial charge in [-0.1, -0.05) is 22.0 Å². The zero-order valence-corrected chi connectivity index (χ0v) is 14.9. The van der Waals surface area contributed by atoms with Gasteiger partial charge in [0, 0.05) is 16.6 Å². The van der Waals surface area contributed by atoms with Crippen LogP contribution in [0.3, 0.4) is 0 Å². The second kappa shape index (κ2) is 9.78. The summed E-state index contributed by atoms with van der Waals surface area (Å²) in [4.78, 5) is 23.2. The minimum atomic E-state index is -0.481. The number of carbonyl (C=O) groups is 2. The van der Waals surface area contributed by atoms with Gasteiger partial charge in [0.1, 0.15) is 11.6 Å². The van der Waals surface area contributed by atoms with Gasteiger partial charge in [-0.05, 0) is 48.9 Å². The van der Waals surface area contributed by atoms with Crippen molar-refractivity contribution in [2.45, 2.75) is 12.8 Å². The first-order valence-electron chi connectivity index (χ1n) is 7.62. The van der Waals surface area contributed by atoms with Crippen molar-refractivity contribution in [3.63, 3.8) is 0 Å². The number of halogens is 2. The summed E-state index contributed by atoms with van der Waals surface area (Å²) >= 11 is 3.35. The lowest BCUT2D eigenvalue weighted by Gasteiger charge is -2.08. The van der Waals surface area contributed by atoms with Gasteiger partial charge in [-0.25, -0.2) is 4.39 Å². The summed E-state index contributed by atoms with van der Waals surface area (Å²) in [6, 6.07) is 12.7. The minimum absolute atomic E-state index is 0.151. The summed E-state index contributed by atoms with van der Waals surface area (Å²) in [6.07, 6.45) is 0.628. The summed E-state index contributed by atoms with van der Waals surface area (Å²) in [5.41, 5.74) is 0.435. The molecule has 0 spiro atoms. The van der Waals surface area contributed by atoms with Crippen LogP contribution in [0.1, 0.15) is 12.8 Å². The third-order valence-corrected chi connectivity index (χ3v) is 3.58. The van der Waals surface area contributed by atoms with Crippen LogP contribution in [0, 0.1) is 5.82 Å². The van der Waals surface area contributed by atoms with Gasteiger partial charge in [-0.15, -0.1) is 0 Å². The summed E-state index contributed by atoms with van der Waals surface area (Å²) in [5, 5.41) is 2.51. The van der Waals surface area contributed by atoms with Crippen molar-refractivity contribution in [3.05, 3.63) is 58.8 Å². The monoisotopic (exact) mass is 409 g/mol. The lowest BCUT2D eigenvalue weighted by Crippen LogP contribution is -2.21. The van der Waals surface area contributed by atoms with E-state index in [-0.39, 0.29) is 13.0 Å². The normalized spacial score (nSPS) is 10.2. The largest absolute Gasteiger partial charge is 0.494 e. The number of rotatable bonds is 8. The average Bonchev–Trinajstić information content (AvgIpc) is 2.59. The van der Waals surface area contributed by atoms with Gasteiger partial charge in [0.25, 0.3) is 5.91 Å². The molecule has 0 aliphatic rings. The van der Waals surface area contributed by atoms with Gasteiger partial charge < -0.3 is 14.8 Å². The third-order valence-electron chi connectivity index (χ3n) is 3.08. The molecule has 5 nitrogen and oxygen atoms in total. The first kappa shape index (κ1) is 18.9. The SMILES string of the molecule is O=C(COC(=O)CCCOc1cccc(Br)c1)Nc1ccc(F)cc1. The lowest BCUT2D eigenvalue weighted by atomic mass is 10.3.